The van der Waals surface area contributed by atoms with Gasteiger partial charge in [-0.15, -0.1) is 0 Å². The van der Waals surface area contributed by atoms with Crippen molar-refractivity contribution >= 4 is 16.9 Å². The second kappa shape index (κ2) is 6.29. The molecule has 122 valence electrons. The van der Waals surface area contributed by atoms with E-state index < -0.39 is 0 Å². The number of para-hydroxylation sites is 2. The Labute approximate surface area is 135 Å². The topological polar surface area (TPSA) is 81.8 Å². The molecule has 1 amide bonds. The Morgan fingerprint density at radius 3 is 3.00 bits per heavy atom. The number of hydrazine groups is 1. The molecule has 6 nitrogen and oxygen atoms in total. The molecule has 3 unspecified atom stereocenters. The molecule has 1 saturated carbocycles. The molecule has 6 heteroatoms. The van der Waals surface area contributed by atoms with E-state index in [0.717, 1.165) is 23.3 Å². The third-order valence-electron chi connectivity index (χ3n) is 5.05. The lowest BCUT2D eigenvalue weighted by atomic mass is 9.81. The van der Waals surface area contributed by atoms with Gasteiger partial charge in [0.25, 0.3) is 0 Å². The zero-order valence-corrected chi connectivity index (χ0v) is 13.1. The van der Waals surface area contributed by atoms with Gasteiger partial charge >= 0.3 is 0 Å². The first kappa shape index (κ1) is 14.7. The van der Waals surface area contributed by atoms with Crippen LogP contribution < -0.4 is 16.2 Å². The number of carbonyl (C=O) groups excluding carboxylic acids is 1. The molecular formula is C17H23N5O. The van der Waals surface area contributed by atoms with Crippen molar-refractivity contribution < 1.29 is 4.79 Å². The van der Waals surface area contributed by atoms with Crippen LogP contribution in [0.25, 0.3) is 11.0 Å². The van der Waals surface area contributed by atoms with Gasteiger partial charge in [-0.3, -0.25) is 10.2 Å². The summed E-state index contributed by atoms with van der Waals surface area (Å²) >= 11 is 0. The van der Waals surface area contributed by atoms with Gasteiger partial charge in [0.15, 0.2) is 0 Å². The predicted octanol–water partition coefficient (Wildman–Crippen LogP) is 1.26. The summed E-state index contributed by atoms with van der Waals surface area (Å²) in [4.78, 5) is 20.2. The summed E-state index contributed by atoms with van der Waals surface area (Å²) < 4.78 is 0. The molecule has 1 aromatic carbocycles. The summed E-state index contributed by atoms with van der Waals surface area (Å²) in [5.41, 5.74) is 8.48. The fourth-order valence-corrected chi connectivity index (χ4v) is 3.84. The van der Waals surface area contributed by atoms with Crippen molar-refractivity contribution in [2.75, 3.05) is 6.54 Å². The van der Waals surface area contributed by atoms with Gasteiger partial charge in [-0.05, 0) is 25.0 Å². The van der Waals surface area contributed by atoms with E-state index in [4.69, 9.17) is 0 Å². The van der Waals surface area contributed by atoms with E-state index in [1.54, 1.807) is 0 Å². The normalized spacial score (nSPS) is 27.0. The molecule has 1 saturated heterocycles. The average molecular weight is 313 g/mol. The number of nitrogens with one attached hydrogen (secondary N) is 4. The number of aromatic amines is 1. The smallest absolute Gasteiger partial charge is 0.238 e. The lowest BCUT2D eigenvalue weighted by Gasteiger charge is -2.26. The molecule has 0 bridgehead atoms. The van der Waals surface area contributed by atoms with Crippen molar-refractivity contribution in [2.24, 2.45) is 5.92 Å². The minimum Gasteiger partial charge on any atom is -0.354 e. The molecule has 1 aromatic heterocycles. The van der Waals surface area contributed by atoms with Crippen LogP contribution in [0.3, 0.4) is 0 Å². The van der Waals surface area contributed by atoms with Crippen LogP contribution in [-0.2, 0) is 11.2 Å². The number of aromatic nitrogens is 2. The van der Waals surface area contributed by atoms with E-state index in [2.05, 4.69) is 26.1 Å². The van der Waals surface area contributed by atoms with Gasteiger partial charge in [-0.1, -0.05) is 25.0 Å². The van der Waals surface area contributed by atoms with Crippen molar-refractivity contribution in [3.8, 4) is 0 Å². The van der Waals surface area contributed by atoms with Crippen LogP contribution in [0.5, 0.6) is 0 Å². The molecule has 0 radical (unpaired) electrons. The SMILES string of the molecule is O=C(NCCc1nc2ccccc2[nH]1)C1NNC2CCCCC21. The van der Waals surface area contributed by atoms with Gasteiger partial charge in [0.05, 0.1) is 11.0 Å². The number of hydrogen-bond donors (Lipinski definition) is 4. The first-order valence-corrected chi connectivity index (χ1v) is 8.53. The van der Waals surface area contributed by atoms with Gasteiger partial charge in [-0.2, -0.15) is 0 Å². The summed E-state index contributed by atoms with van der Waals surface area (Å²) in [5, 5.41) is 3.05. The lowest BCUT2D eigenvalue weighted by Crippen LogP contribution is -2.46. The Morgan fingerprint density at radius 1 is 1.22 bits per heavy atom. The second-order valence-electron chi connectivity index (χ2n) is 6.56. The van der Waals surface area contributed by atoms with Gasteiger partial charge in [0, 0.05) is 24.9 Å². The van der Waals surface area contributed by atoms with Crippen LogP contribution in [0.2, 0.25) is 0 Å². The minimum absolute atomic E-state index is 0.100. The van der Waals surface area contributed by atoms with Crippen LogP contribution >= 0.6 is 0 Å². The Balaban J connectivity index is 1.31. The Bertz CT molecular complexity index is 664. The van der Waals surface area contributed by atoms with Gasteiger partial charge in [0.1, 0.15) is 11.9 Å². The van der Waals surface area contributed by atoms with Crippen LogP contribution in [-0.4, -0.2) is 34.5 Å². The molecule has 0 spiro atoms. The van der Waals surface area contributed by atoms with Crippen LogP contribution in [0, 0.1) is 5.92 Å². The number of fused-ring (bicyclic) bond motifs is 2. The second-order valence-corrected chi connectivity index (χ2v) is 6.56. The molecule has 2 heterocycles. The van der Waals surface area contributed by atoms with E-state index >= 15 is 0 Å². The van der Waals surface area contributed by atoms with E-state index in [9.17, 15) is 4.79 Å². The fourth-order valence-electron chi connectivity index (χ4n) is 3.84. The van der Waals surface area contributed by atoms with E-state index in [1.807, 2.05) is 24.3 Å². The number of rotatable bonds is 4. The van der Waals surface area contributed by atoms with Gasteiger partial charge in [-0.25, -0.2) is 10.4 Å². The standard InChI is InChI=1S/C17H23N5O/c23-17(16-11-5-1-2-6-12(11)21-22-16)18-10-9-15-19-13-7-3-4-8-14(13)20-15/h3-4,7-8,11-12,16,21-22H,1-2,5-6,9-10H2,(H,18,23)(H,19,20). The minimum atomic E-state index is -0.101. The molecule has 1 aliphatic heterocycles. The zero-order chi connectivity index (χ0) is 15.6. The zero-order valence-electron chi connectivity index (χ0n) is 13.1. The average Bonchev–Trinajstić information content (AvgIpc) is 3.18. The maximum atomic E-state index is 12.4. The molecule has 4 rings (SSSR count). The van der Waals surface area contributed by atoms with Gasteiger partial charge in [0.2, 0.25) is 5.91 Å². The molecule has 2 fully saturated rings. The number of H-pyrrole nitrogens is 1. The van der Waals surface area contributed by atoms with Gasteiger partial charge < -0.3 is 10.3 Å². The maximum Gasteiger partial charge on any atom is 0.238 e. The third kappa shape index (κ3) is 2.96. The van der Waals surface area contributed by atoms with Crippen molar-refractivity contribution in [1.82, 2.24) is 26.1 Å². The predicted molar refractivity (Wildman–Crippen MR) is 88.6 cm³/mol. The number of amides is 1. The summed E-state index contributed by atoms with van der Waals surface area (Å²) in [6, 6.07) is 8.33. The van der Waals surface area contributed by atoms with Crippen molar-refractivity contribution in [1.29, 1.82) is 0 Å². The molecule has 3 atom stereocenters. The number of hydrogen-bond acceptors (Lipinski definition) is 4. The number of nitrogens with zero attached hydrogens (tertiary/aromatic N) is 1. The lowest BCUT2D eigenvalue weighted by molar-refractivity contribution is -0.123. The largest absolute Gasteiger partial charge is 0.354 e. The Kier molecular flexibility index (Phi) is 4.01. The summed E-state index contributed by atoms with van der Waals surface area (Å²) in [5.74, 6) is 1.44. The highest BCUT2D eigenvalue weighted by atomic mass is 16.2. The van der Waals surface area contributed by atoms with Crippen molar-refractivity contribution in [3.05, 3.63) is 30.1 Å². The Hall–Kier alpha value is -1.92. The third-order valence-corrected chi connectivity index (χ3v) is 5.05. The van der Waals surface area contributed by atoms with Crippen molar-refractivity contribution in [2.45, 2.75) is 44.2 Å². The van der Waals surface area contributed by atoms with E-state index in [1.165, 1.54) is 19.3 Å². The summed E-state index contributed by atoms with van der Waals surface area (Å²) in [6.07, 6.45) is 5.50. The van der Waals surface area contributed by atoms with Crippen LogP contribution in [0.15, 0.2) is 24.3 Å². The molecular weight excluding hydrogens is 290 g/mol. The first-order chi connectivity index (χ1) is 11.3. The molecule has 2 aliphatic rings. The van der Waals surface area contributed by atoms with Crippen molar-refractivity contribution in [3.63, 3.8) is 0 Å². The highest BCUT2D eigenvalue weighted by Gasteiger charge is 2.40. The monoisotopic (exact) mass is 313 g/mol. The molecule has 2 aromatic rings. The van der Waals surface area contributed by atoms with E-state index in [-0.39, 0.29) is 11.9 Å². The van der Waals surface area contributed by atoms with E-state index in [0.29, 0.717) is 24.9 Å². The first-order valence-electron chi connectivity index (χ1n) is 8.53. The summed E-state index contributed by atoms with van der Waals surface area (Å²) in [6.45, 7) is 0.605. The Morgan fingerprint density at radius 2 is 2.09 bits per heavy atom. The van der Waals surface area contributed by atoms with Crippen LogP contribution in [0.4, 0.5) is 0 Å². The number of benzene rings is 1. The fraction of sp³-hybridized carbons (Fsp3) is 0.529. The molecule has 23 heavy (non-hydrogen) atoms. The summed E-state index contributed by atoms with van der Waals surface area (Å²) in [7, 11) is 0. The number of imidazole rings is 1. The molecule has 4 N–H and O–H groups in total. The quantitative estimate of drug-likeness (QED) is 0.685. The van der Waals surface area contributed by atoms with Crippen LogP contribution in [0.1, 0.15) is 31.5 Å². The highest BCUT2D eigenvalue weighted by Crippen LogP contribution is 2.30. The molecule has 1 aliphatic carbocycles. The number of carbonyl (C=O) groups is 1. The maximum absolute atomic E-state index is 12.4. The highest BCUT2D eigenvalue weighted by molar-refractivity contribution is 5.82.